The van der Waals surface area contributed by atoms with E-state index in [-0.39, 0.29) is 17.3 Å². The average Bonchev–Trinajstić information content (AvgIpc) is 2.64. The first kappa shape index (κ1) is 19.8. The van der Waals surface area contributed by atoms with Gasteiger partial charge < -0.3 is 14.4 Å². The van der Waals surface area contributed by atoms with Gasteiger partial charge in [-0.3, -0.25) is 4.79 Å². The van der Waals surface area contributed by atoms with Gasteiger partial charge in [-0.15, -0.1) is 4.40 Å². The van der Waals surface area contributed by atoms with Crippen molar-refractivity contribution < 1.29 is 22.7 Å². The number of likely N-dealkylation sites (N-methyl/N-ethyl adjacent to an activating group) is 2. The second-order valence-electron chi connectivity index (χ2n) is 5.50. The number of hydrogen-bond donors (Lipinski definition) is 0. The number of ether oxygens (including phenoxy) is 2. The van der Waals surface area contributed by atoms with Crippen LogP contribution >= 0.6 is 0 Å². The Morgan fingerprint density at radius 2 is 1.85 bits per heavy atom. The van der Waals surface area contributed by atoms with E-state index in [1.54, 1.807) is 23.1 Å². The first-order valence-electron chi connectivity index (χ1n) is 8.11. The molecule has 0 unspecified atom stereocenters. The second-order valence-corrected chi connectivity index (χ2v) is 7.12. The molecule has 1 aromatic rings. The summed E-state index contributed by atoms with van der Waals surface area (Å²) in [5, 5.41) is 0. The van der Waals surface area contributed by atoms with Gasteiger partial charge in [-0.25, -0.2) is 4.31 Å². The minimum Gasteiger partial charge on any atom is -0.497 e. The number of benzene rings is 1. The van der Waals surface area contributed by atoms with E-state index in [9.17, 15) is 13.2 Å². The molecule has 1 heterocycles. The molecule has 0 aromatic heterocycles. The van der Waals surface area contributed by atoms with E-state index in [4.69, 9.17) is 9.47 Å². The molecule has 1 aliphatic heterocycles. The highest BCUT2D eigenvalue weighted by Gasteiger charge is 2.32. The lowest BCUT2D eigenvalue weighted by Crippen LogP contribution is -2.40. The highest BCUT2D eigenvalue weighted by Crippen LogP contribution is 2.29. The summed E-state index contributed by atoms with van der Waals surface area (Å²) in [4.78, 5) is 14.3. The summed E-state index contributed by atoms with van der Waals surface area (Å²) in [6, 6.07) is 4.97. The highest BCUT2D eigenvalue weighted by atomic mass is 32.2. The zero-order chi connectivity index (χ0) is 19.5. The van der Waals surface area contributed by atoms with Crippen molar-refractivity contribution in [3.05, 3.63) is 35.5 Å². The third-order valence-electron chi connectivity index (χ3n) is 4.12. The highest BCUT2D eigenvalue weighted by molar-refractivity contribution is 7.88. The third-order valence-corrected chi connectivity index (χ3v) is 5.44. The second kappa shape index (κ2) is 7.77. The summed E-state index contributed by atoms with van der Waals surface area (Å²) in [6.07, 6.45) is 1.46. The molecular formula is C17H23N3O5S. The fraction of sp³-hybridized carbons (Fsp3) is 0.412. The zero-order valence-corrected chi connectivity index (χ0v) is 16.3. The van der Waals surface area contributed by atoms with Gasteiger partial charge >= 0.3 is 10.2 Å². The molecule has 0 saturated carbocycles. The van der Waals surface area contributed by atoms with Gasteiger partial charge in [-0.05, 0) is 38.1 Å². The first-order valence-corrected chi connectivity index (χ1v) is 9.50. The lowest BCUT2D eigenvalue weighted by Gasteiger charge is -2.28. The van der Waals surface area contributed by atoms with Crippen LogP contribution in [0, 0.1) is 0 Å². The van der Waals surface area contributed by atoms with Crippen molar-refractivity contribution in [3.63, 3.8) is 0 Å². The van der Waals surface area contributed by atoms with Gasteiger partial charge in [-0.2, -0.15) is 8.42 Å². The van der Waals surface area contributed by atoms with Crippen molar-refractivity contribution in [1.29, 1.82) is 0 Å². The van der Waals surface area contributed by atoms with Crippen molar-refractivity contribution >= 4 is 21.8 Å². The van der Waals surface area contributed by atoms with E-state index in [0.717, 1.165) is 4.31 Å². The average molecular weight is 381 g/mol. The number of rotatable bonds is 6. The molecule has 9 heteroatoms. The van der Waals surface area contributed by atoms with E-state index in [1.165, 1.54) is 27.3 Å². The Balaban J connectivity index is 2.63. The molecular weight excluding hydrogens is 358 g/mol. The Labute approximate surface area is 153 Å². The zero-order valence-electron chi connectivity index (χ0n) is 15.5. The van der Waals surface area contributed by atoms with Crippen LogP contribution in [0.4, 0.5) is 0 Å². The van der Waals surface area contributed by atoms with Crippen molar-refractivity contribution in [2.75, 3.05) is 34.4 Å². The Morgan fingerprint density at radius 1 is 1.19 bits per heavy atom. The maximum atomic E-state index is 12.8. The van der Waals surface area contributed by atoms with Gasteiger partial charge in [0.1, 0.15) is 17.2 Å². The summed E-state index contributed by atoms with van der Waals surface area (Å²) in [7, 11) is 0.250. The third kappa shape index (κ3) is 3.67. The Bertz CT molecular complexity index is 857. The van der Waals surface area contributed by atoms with Crippen LogP contribution in [0.5, 0.6) is 11.5 Å². The molecule has 2 rings (SSSR count). The fourth-order valence-corrected chi connectivity index (χ4v) is 3.47. The summed E-state index contributed by atoms with van der Waals surface area (Å²) in [5.74, 6) is 0.565. The lowest BCUT2D eigenvalue weighted by atomic mass is 10.1. The van der Waals surface area contributed by atoms with Crippen LogP contribution in [-0.4, -0.2) is 63.6 Å². The molecule has 0 atom stereocenters. The molecule has 142 valence electrons. The van der Waals surface area contributed by atoms with Crippen LogP contribution in [0.15, 0.2) is 34.4 Å². The van der Waals surface area contributed by atoms with Gasteiger partial charge in [0, 0.05) is 25.7 Å². The van der Waals surface area contributed by atoms with Crippen LogP contribution in [0.3, 0.4) is 0 Å². The van der Waals surface area contributed by atoms with E-state index in [2.05, 4.69) is 4.40 Å². The van der Waals surface area contributed by atoms with Gasteiger partial charge in [0.25, 0.3) is 5.91 Å². The maximum absolute atomic E-state index is 12.8. The minimum absolute atomic E-state index is 0.0311. The van der Waals surface area contributed by atoms with Crippen LogP contribution < -0.4 is 9.47 Å². The molecule has 8 nitrogen and oxygen atoms in total. The first-order chi connectivity index (χ1) is 12.3. The van der Waals surface area contributed by atoms with E-state index >= 15 is 0 Å². The van der Waals surface area contributed by atoms with Crippen LogP contribution in [-0.2, 0) is 15.0 Å². The molecule has 0 saturated heterocycles. The maximum Gasteiger partial charge on any atom is 0.345 e. The lowest BCUT2D eigenvalue weighted by molar-refractivity contribution is -0.127. The van der Waals surface area contributed by atoms with Crippen molar-refractivity contribution in [2.45, 2.75) is 13.8 Å². The molecule has 0 aliphatic carbocycles. The predicted octanol–water partition coefficient (Wildman–Crippen LogP) is 1.44. The molecule has 0 fully saturated rings. The minimum atomic E-state index is -4.04. The number of carbonyl (C=O) groups excluding carboxylic acids is 1. The quantitative estimate of drug-likeness (QED) is 0.744. The largest absolute Gasteiger partial charge is 0.497 e. The molecule has 1 aromatic carbocycles. The van der Waals surface area contributed by atoms with Crippen LogP contribution in [0.25, 0.3) is 0 Å². The van der Waals surface area contributed by atoms with Gasteiger partial charge in [0.15, 0.2) is 0 Å². The Morgan fingerprint density at radius 3 is 2.38 bits per heavy atom. The molecule has 1 amide bonds. The van der Waals surface area contributed by atoms with Crippen LogP contribution in [0.2, 0.25) is 0 Å². The Hall–Kier alpha value is -2.55. The molecule has 0 N–H and O–H groups in total. The van der Waals surface area contributed by atoms with Gasteiger partial charge in [-0.1, -0.05) is 0 Å². The van der Waals surface area contributed by atoms with Crippen molar-refractivity contribution in [1.82, 2.24) is 9.21 Å². The summed E-state index contributed by atoms with van der Waals surface area (Å²) in [6.45, 7) is 4.60. The van der Waals surface area contributed by atoms with Gasteiger partial charge in [0.05, 0.1) is 19.9 Å². The summed E-state index contributed by atoms with van der Waals surface area (Å²) in [5.41, 5.74) is 0.575. The van der Waals surface area contributed by atoms with Gasteiger partial charge in [0.2, 0.25) is 0 Å². The molecule has 0 spiro atoms. The number of nitrogens with zero attached hydrogens (tertiary/aromatic N) is 3. The monoisotopic (exact) mass is 381 g/mol. The normalized spacial score (nSPS) is 15.8. The number of carbonyl (C=O) groups is 1. The van der Waals surface area contributed by atoms with E-state index in [1.807, 2.05) is 13.8 Å². The van der Waals surface area contributed by atoms with Crippen molar-refractivity contribution in [3.8, 4) is 11.5 Å². The standard InChI is InChI=1S/C17H23N3O5S/c1-6-20(7-2)17(21)15-11-14(18-26(22,23)19(15)3)13-10-12(24-4)8-9-16(13)25-5/h8-11H,6-7H2,1-5H3. The smallest absolute Gasteiger partial charge is 0.345 e. The fourth-order valence-electron chi connectivity index (χ4n) is 2.57. The number of hydrogen-bond acceptors (Lipinski definition) is 5. The van der Waals surface area contributed by atoms with Crippen molar-refractivity contribution in [2.24, 2.45) is 4.40 Å². The Kier molecular flexibility index (Phi) is 5.91. The number of amides is 1. The summed E-state index contributed by atoms with van der Waals surface area (Å²) >= 11 is 0. The molecule has 1 aliphatic rings. The summed E-state index contributed by atoms with van der Waals surface area (Å²) < 4.78 is 40.2. The molecule has 0 radical (unpaired) electrons. The molecule has 26 heavy (non-hydrogen) atoms. The topological polar surface area (TPSA) is 88.5 Å². The number of allylic oxidation sites excluding steroid dienone is 1. The number of methoxy groups -OCH3 is 2. The molecule has 0 bridgehead atoms. The SMILES string of the molecule is CCN(CC)C(=O)C1=CC(c2cc(OC)ccc2OC)=NS(=O)(=O)N1C. The van der Waals surface area contributed by atoms with E-state index in [0.29, 0.717) is 30.2 Å². The predicted molar refractivity (Wildman–Crippen MR) is 98.8 cm³/mol. The van der Waals surface area contributed by atoms with Crippen LogP contribution in [0.1, 0.15) is 19.4 Å². The van der Waals surface area contributed by atoms with E-state index < -0.39 is 10.2 Å².